The predicted octanol–water partition coefficient (Wildman–Crippen LogP) is 1.92. The van der Waals surface area contributed by atoms with E-state index >= 15 is 0 Å². The molecule has 3 amide bonds. The van der Waals surface area contributed by atoms with Gasteiger partial charge in [0.2, 0.25) is 12.3 Å². The number of morpholine rings is 1. The lowest BCUT2D eigenvalue weighted by Gasteiger charge is -2.26. The summed E-state index contributed by atoms with van der Waals surface area (Å²) in [4.78, 5) is 25.5. The second kappa shape index (κ2) is 11.9. The fourth-order valence-electron chi connectivity index (χ4n) is 3.63. The molecule has 2 aromatic heterocycles. The quantitative estimate of drug-likeness (QED) is 0.525. The van der Waals surface area contributed by atoms with Crippen LogP contribution in [0.4, 0.5) is 9.18 Å². The van der Waals surface area contributed by atoms with Crippen LogP contribution >= 0.6 is 0 Å². The first-order chi connectivity index (χ1) is 16.0. The molecular formula is C23H28FN5O4. The van der Waals surface area contributed by atoms with E-state index < -0.39 is 6.03 Å². The predicted molar refractivity (Wildman–Crippen MR) is 122 cm³/mol. The largest absolute Gasteiger partial charge is 0.481 e. The number of benzene rings is 1. The van der Waals surface area contributed by atoms with Crippen molar-refractivity contribution in [3.63, 3.8) is 0 Å². The number of carbonyl (C=O) groups excluding carboxylic acids is 2. The molecule has 0 saturated carbocycles. The molecule has 3 heterocycles. The SMILES string of the molecule is COc1cc2c(CCN3CCOCC3)cn(Cc3ccc(F)cc3)c2cn1.NC(=O)NC=O. The number of pyridine rings is 1. The lowest BCUT2D eigenvalue weighted by Crippen LogP contribution is -2.37. The Morgan fingerprint density at radius 1 is 1.30 bits per heavy atom. The van der Waals surface area contributed by atoms with E-state index in [9.17, 15) is 14.0 Å². The van der Waals surface area contributed by atoms with E-state index in [1.807, 2.05) is 24.4 Å². The third kappa shape index (κ3) is 6.99. The minimum Gasteiger partial charge on any atom is -0.481 e. The van der Waals surface area contributed by atoms with Crippen molar-refractivity contribution in [1.82, 2.24) is 19.8 Å². The number of hydrogen-bond donors (Lipinski definition) is 2. The summed E-state index contributed by atoms with van der Waals surface area (Å²) in [5.74, 6) is 0.406. The second-order valence-corrected chi connectivity index (χ2v) is 7.48. The van der Waals surface area contributed by atoms with E-state index in [4.69, 9.17) is 9.47 Å². The van der Waals surface area contributed by atoms with Crippen LogP contribution in [-0.4, -0.2) is 66.9 Å². The fourth-order valence-corrected chi connectivity index (χ4v) is 3.63. The number of fused-ring (bicyclic) bond motifs is 1. The molecule has 0 radical (unpaired) electrons. The lowest BCUT2D eigenvalue weighted by atomic mass is 10.1. The van der Waals surface area contributed by atoms with E-state index in [-0.39, 0.29) is 12.2 Å². The Kier molecular flexibility index (Phi) is 8.73. The average Bonchev–Trinajstić information content (AvgIpc) is 3.16. The van der Waals surface area contributed by atoms with Gasteiger partial charge in [0.25, 0.3) is 0 Å². The number of methoxy groups -OCH3 is 1. The maximum absolute atomic E-state index is 13.2. The second-order valence-electron chi connectivity index (χ2n) is 7.48. The summed E-state index contributed by atoms with van der Waals surface area (Å²) in [5, 5.41) is 2.83. The van der Waals surface area contributed by atoms with E-state index in [1.165, 1.54) is 17.7 Å². The molecule has 4 rings (SSSR count). The molecule has 0 aliphatic carbocycles. The average molecular weight is 458 g/mol. The zero-order valence-corrected chi connectivity index (χ0v) is 18.5. The number of carbonyl (C=O) groups is 2. The minimum atomic E-state index is -0.829. The van der Waals surface area contributed by atoms with Gasteiger partial charge in [-0.2, -0.15) is 0 Å². The topological polar surface area (TPSA) is 112 Å². The van der Waals surface area contributed by atoms with Crippen LogP contribution in [0.2, 0.25) is 0 Å². The molecule has 3 N–H and O–H groups in total. The molecule has 0 spiro atoms. The smallest absolute Gasteiger partial charge is 0.318 e. The molecule has 176 valence electrons. The van der Waals surface area contributed by atoms with Gasteiger partial charge < -0.3 is 19.8 Å². The molecule has 0 atom stereocenters. The fraction of sp³-hybridized carbons (Fsp3) is 0.348. The summed E-state index contributed by atoms with van der Waals surface area (Å²) in [6.45, 7) is 5.28. The van der Waals surface area contributed by atoms with Crippen LogP contribution in [0, 0.1) is 5.82 Å². The summed E-state index contributed by atoms with van der Waals surface area (Å²) < 4.78 is 26.1. The van der Waals surface area contributed by atoms with Gasteiger partial charge in [0.1, 0.15) is 5.82 Å². The van der Waals surface area contributed by atoms with Crippen LogP contribution < -0.4 is 15.8 Å². The number of ether oxygens (including phenoxy) is 2. The molecule has 0 unspecified atom stereocenters. The highest BCUT2D eigenvalue weighted by Gasteiger charge is 2.14. The summed E-state index contributed by atoms with van der Waals surface area (Å²) in [5.41, 5.74) is 7.82. The Bertz CT molecular complexity index is 1060. The molecule has 1 saturated heterocycles. The van der Waals surface area contributed by atoms with Crippen LogP contribution in [0.15, 0.2) is 42.7 Å². The molecule has 1 aliphatic rings. The van der Waals surface area contributed by atoms with Gasteiger partial charge in [0.15, 0.2) is 0 Å². The first-order valence-corrected chi connectivity index (χ1v) is 10.6. The van der Waals surface area contributed by atoms with Crippen LogP contribution in [0.3, 0.4) is 0 Å². The van der Waals surface area contributed by atoms with Crippen molar-refractivity contribution in [2.24, 2.45) is 5.73 Å². The van der Waals surface area contributed by atoms with Crippen LogP contribution in [-0.2, 0) is 22.5 Å². The Balaban J connectivity index is 0.000000454. The highest BCUT2D eigenvalue weighted by atomic mass is 19.1. The third-order valence-electron chi connectivity index (χ3n) is 5.30. The number of urea groups is 1. The summed E-state index contributed by atoms with van der Waals surface area (Å²) in [6.07, 6.45) is 5.23. The van der Waals surface area contributed by atoms with Crippen molar-refractivity contribution >= 4 is 23.3 Å². The molecule has 9 nitrogen and oxygen atoms in total. The Morgan fingerprint density at radius 3 is 2.64 bits per heavy atom. The molecule has 0 bridgehead atoms. The monoisotopic (exact) mass is 457 g/mol. The van der Waals surface area contributed by atoms with E-state index in [0.29, 0.717) is 12.4 Å². The molecule has 1 aliphatic heterocycles. The molecular weight excluding hydrogens is 429 g/mol. The van der Waals surface area contributed by atoms with E-state index in [0.717, 1.165) is 55.7 Å². The minimum absolute atomic E-state index is 0.214. The van der Waals surface area contributed by atoms with E-state index in [1.54, 1.807) is 12.4 Å². The van der Waals surface area contributed by atoms with Crippen LogP contribution in [0.5, 0.6) is 5.88 Å². The number of primary amides is 1. The lowest BCUT2D eigenvalue weighted by molar-refractivity contribution is -0.108. The molecule has 1 fully saturated rings. The number of aromatic nitrogens is 2. The number of hydrogen-bond acceptors (Lipinski definition) is 6. The summed E-state index contributed by atoms with van der Waals surface area (Å²) >= 11 is 0. The third-order valence-corrected chi connectivity index (χ3v) is 5.30. The van der Waals surface area contributed by atoms with Gasteiger partial charge in [-0.15, -0.1) is 0 Å². The number of rotatable bonds is 7. The molecule has 10 heteroatoms. The first-order valence-electron chi connectivity index (χ1n) is 10.6. The first kappa shape index (κ1) is 24.1. The van der Waals surface area contributed by atoms with Crippen molar-refractivity contribution in [1.29, 1.82) is 0 Å². The zero-order chi connectivity index (χ0) is 23.6. The van der Waals surface area contributed by atoms with Gasteiger partial charge in [-0.05, 0) is 29.7 Å². The summed E-state index contributed by atoms with van der Waals surface area (Å²) in [7, 11) is 1.64. The number of halogens is 1. The normalized spacial score (nSPS) is 13.8. The van der Waals surface area contributed by atoms with Crippen molar-refractivity contribution in [2.75, 3.05) is 40.0 Å². The van der Waals surface area contributed by atoms with Gasteiger partial charge in [-0.25, -0.2) is 14.2 Å². The van der Waals surface area contributed by atoms with Gasteiger partial charge >= 0.3 is 6.03 Å². The Morgan fingerprint density at radius 2 is 2.03 bits per heavy atom. The number of nitrogens with zero attached hydrogens (tertiary/aromatic N) is 3. The molecule has 33 heavy (non-hydrogen) atoms. The summed E-state index contributed by atoms with van der Waals surface area (Å²) in [6, 6.07) is 7.83. The van der Waals surface area contributed by atoms with Crippen molar-refractivity contribution in [2.45, 2.75) is 13.0 Å². The zero-order valence-electron chi connectivity index (χ0n) is 18.5. The van der Waals surface area contributed by atoms with Crippen molar-refractivity contribution < 1.29 is 23.5 Å². The van der Waals surface area contributed by atoms with Crippen molar-refractivity contribution in [3.05, 3.63) is 59.7 Å². The van der Waals surface area contributed by atoms with Gasteiger partial charge in [0.05, 0.1) is 32.0 Å². The van der Waals surface area contributed by atoms with Crippen LogP contribution in [0.25, 0.3) is 10.9 Å². The van der Waals surface area contributed by atoms with Crippen molar-refractivity contribution in [3.8, 4) is 5.88 Å². The van der Waals surface area contributed by atoms with E-state index in [2.05, 4.69) is 26.4 Å². The Labute approximate surface area is 191 Å². The standard InChI is InChI=1S/C21H24FN3O2.C2H4N2O2/c1-26-21-12-19-17(6-7-24-8-10-27-11-9-24)15-25(20(19)13-23-21)14-16-2-4-18(22)5-3-16;3-2(6)4-1-5/h2-5,12-13,15H,6-11,14H2,1H3;1H,(H3,3,4,5,6). The van der Waals surface area contributed by atoms with Gasteiger partial charge in [0, 0.05) is 43.8 Å². The highest BCUT2D eigenvalue weighted by Crippen LogP contribution is 2.26. The number of amides is 3. The number of nitrogens with one attached hydrogen (secondary N) is 1. The van der Waals surface area contributed by atoms with Gasteiger partial charge in [-0.3, -0.25) is 15.0 Å². The molecule has 3 aromatic rings. The number of nitrogens with two attached hydrogens (primary N) is 1. The maximum atomic E-state index is 13.2. The van der Waals surface area contributed by atoms with Crippen LogP contribution in [0.1, 0.15) is 11.1 Å². The maximum Gasteiger partial charge on any atom is 0.318 e. The Hall–Kier alpha value is -3.50. The van der Waals surface area contributed by atoms with Gasteiger partial charge in [-0.1, -0.05) is 12.1 Å². The number of imide groups is 1. The highest BCUT2D eigenvalue weighted by molar-refractivity contribution is 5.84. The molecule has 1 aromatic carbocycles.